The van der Waals surface area contributed by atoms with Crippen LogP contribution in [0.4, 0.5) is 0 Å². The molecule has 3 N–H and O–H groups in total. The van der Waals surface area contributed by atoms with Gasteiger partial charge in [-0.1, -0.05) is 0 Å². The molecule has 2 aromatic rings. The van der Waals surface area contributed by atoms with Crippen LogP contribution in [0.5, 0.6) is 0 Å². The summed E-state index contributed by atoms with van der Waals surface area (Å²) in [6.45, 7) is 0. The summed E-state index contributed by atoms with van der Waals surface area (Å²) in [5, 5.41) is 7.15. The third-order valence-electron chi connectivity index (χ3n) is 2.19. The van der Waals surface area contributed by atoms with Crippen molar-refractivity contribution in [1.29, 1.82) is 0 Å². The molecule has 15 heavy (non-hydrogen) atoms. The molecule has 0 saturated heterocycles. The fourth-order valence-electron chi connectivity index (χ4n) is 1.42. The Morgan fingerprint density at radius 3 is 3.07 bits per heavy atom. The van der Waals surface area contributed by atoms with Crippen molar-refractivity contribution in [3.05, 3.63) is 34.5 Å². The van der Waals surface area contributed by atoms with Gasteiger partial charge in [-0.25, -0.2) is 4.98 Å². The Hall–Kier alpha value is -1.24. The van der Waals surface area contributed by atoms with Gasteiger partial charge in [0.25, 0.3) is 0 Å². The van der Waals surface area contributed by atoms with Gasteiger partial charge in [-0.05, 0) is 0 Å². The van der Waals surface area contributed by atoms with Crippen molar-refractivity contribution in [2.45, 2.75) is 12.5 Å². The van der Waals surface area contributed by atoms with Gasteiger partial charge in [0.15, 0.2) is 0 Å². The first-order valence-electron chi connectivity index (χ1n) is 4.62. The molecule has 0 radical (unpaired) electrons. The molecular formula is C9H13N5S. The highest BCUT2D eigenvalue weighted by atomic mass is 32.1. The minimum absolute atomic E-state index is 0.0739. The van der Waals surface area contributed by atoms with E-state index in [4.69, 9.17) is 5.84 Å². The standard InChI is InChI=1S/C9H13N5S/c1-14-6-7(5-12-14)8(13-10)4-9-11-2-3-15-9/h2-3,5-6,8,13H,4,10H2,1H3. The van der Waals surface area contributed by atoms with Gasteiger partial charge in [0.1, 0.15) is 0 Å². The average molecular weight is 223 g/mol. The summed E-state index contributed by atoms with van der Waals surface area (Å²) < 4.78 is 1.77. The smallest absolute Gasteiger partial charge is 0.0944 e. The van der Waals surface area contributed by atoms with E-state index in [1.165, 1.54) is 0 Å². The quantitative estimate of drug-likeness (QED) is 0.589. The first kappa shape index (κ1) is 10.3. The number of nitrogens with one attached hydrogen (secondary N) is 1. The number of rotatable bonds is 4. The molecule has 2 heterocycles. The Bertz CT molecular complexity index is 408. The Kier molecular flexibility index (Phi) is 3.10. The Morgan fingerprint density at radius 2 is 2.53 bits per heavy atom. The minimum atomic E-state index is 0.0739. The van der Waals surface area contributed by atoms with Crippen molar-refractivity contribution < 1.29 is 0 Å². The Morgan fingerprint density at radius 1 is 1.67 bits per heavy atom. The number of aromatic nitrogens is 3. The Labute approximate surface area is 91.9 Å². The van der Waals surface area contributed by atoms with Crippen LogP contribution < -0.4 is 11.3 Å². The summed E-state index contributed by atoms with van der Waals surface area (Å²) in [5.74, 6) is 5.52. The number of nitrogens with two attached hydrogens (primary N) is 1. The molecule has 2 aromatic heterocycles. The monoisotopic (exact) mass is 223 g/mol. The lowest BCUT2D eigenvalue weighted by atomic mass is 10.1. The first-order valence-corrected chi connectivity index (χ1v) is 5.50. The second-order valence-corrected chi connectivity index (χ2v) is 4.28. The molecule has 0 aliphatic heterocycles. The third kappa shape index (κ3) is 2.41. The SMILES string of the molecule is Cn1cc(C(Cc2nccs2)NN)cn1. The number of hydrazine groups is 1. The fraction of sp³-hybridized carbons (Fsp3) is 0.333. The molecule has 6 heteroatoms. The molecule has 0 aliphatic rings. The molecule has 0 bridgehead atoms. The topological polar surface area (TPSA) is 68.8 Å². The highest BCUT2D eigenvalue weighted by Gasteiger charge is 2.13. The van der Waals surface area contributed by atoms with E-state index in [-0.39, 0.29) is 6.04 Å². The van der Waals surface area contributed by atoms with Gasteiger partial charge in [0.2, 0.25) is 0 Å². The lowest BCUT2D eigenvalue weighted by Crippen LogP contribution is -2.29. The van der Waals surface area contributed by atoms with Crippen molar-refractivity contribution in [3.63, 3.8) is 0 Å². The van der Waals surface area contributed by atoms with Gasteiger partial charge < -0.3 is 0 Å². The van der Waals surface area contributed by atoms with E-state index in [9.17, 15) is 0 Å². The van der Waals surface area contributed by atoms with Crippen molar-refractivity contribution >= 4 is 11.3 Å². The highest BCUT2D eigenvalue weighted by Crippen LogP contribution is 2.18. The molecule has 80 valence electrons. The summed E-state index contributed by atoms with van der Waals surface area (Å²) in [7, 11) is 1.89. The predicted octanol–water partition coefficient (Wildman–Crippen LogP) is 0.624. The summed E-state index contributed by atoms with van der Waals surface area (Å²) in [5.41, 5.74) is 3.86. The molecule has 0 amide bonds. The summed E-state index contributed by atoms with van der Waals surface area (Å²) in [4.78, 5) is 4.23. The molecule has 0 aliphatic carbocycles. The van der Waals surface area contributed by atoms with Crippen molar-refractivity contribution in [3.8, 4) is 0 Å². The molecule has 0 saturated carbocycles. The van der Waals surface area contributed by atoms with Gasteiger partial charge >= 0.3 is 0 Å². The van der Waals surface area contributed by atoms with Gasteiger partial charge in [-0.3, -0.25) is 16.0 Å². The average Bonchev–Trinajstić information content (AvgIpc) is 2.85. The van der Waals surface area contributed by atoms with Gasteiger partial charge in [-0.2, -0.15) is 5.10 Å². The Balaban J connectivity index is 2.11. The molecule has 5 nitrogen and oxygen atoms in total. The third-order valence-corrected chi connectivity index (χ3v) is 2.99. The molecule has 0 aromatic carbocycles. The second-order valence-electron chi connectivity index (χ2n) is 3.30. The molecule has 0 spiro atoms. The van der Waals surface area contributed by atoms with Crippen LogP contribution in [-0.4, -0.2) is 14.8 Å². The van der Waals surface area contributed by atoms with Crippen LogP contribution in [0.3, 0.4) is 0 Å². The van der Waals surface area contributed by atoms with Crippen LogP contribution >= 0.6 is 11.3 Å². The van der Waals surface area contributed by atoms with Crippen LogP contribution in [0.15, 0.2) is 24.0 Å². The van der Waals surface area contributed by atoms with Gasteiger partial charge in [-0.15, -0.1) is 11.3 Å². The van der Waals surface area contributed by atoms with E-state index < -0.39 is 0 Å². The number of hydrogen-bond donors (Lipinski definition) is 2. The summed E-state index contributed by atoms with van der Waals surface area (Å²) in [6.07, 6.45) is 6.37. The molecule has 1 unspecified atom stereocenters. The van der Waals surface area contributed by atoms with Gasteiger partial charge in [0, 0.05) is 36.8 Å². The van der Waals surface area contributed by atoms with E-state index in [2.05, 4.69) is 15.5 Å². The number of nitrogens with zero attached hydrogens (tertiary/aromatic N) is 3. The van der Waals surface area contributed by atoms with Crippen LogP contribution in [-0.2, 0) is 13.5 Å². The maximum Gasteiger partial charge on any atom is 0.0944 e. The maximum absolute atomic E-state index is 5.52. The van der Waals surface area contributed by atoms with Crippen molar-refractivity contribution in [2.24, 2.45) is 12.9 Å². The second kappa shape index (κ2) is 4.52. The minimum Gasteiger partial charge on any atom is -0.275 e. The van der Waals surface area contributed by atoms with Crippen LogP contribution in [0, 0.1) is 0 Å². The molecule has 2 rings (SSSR count). The van der Waals surface area contributed by atoms with Crippen LogP contribution in [0.1, 0.15) is 16.6 Å². The van der Waals surface area contributed by atoms with Crippen LogP contribution in [0.25, 0.3) is 0 Å². The number of aryl methyl sites for hydroxylation is 1. The predicted molar refractivity (Wildman–Crippen MR) is 59.1 cm³/mol. The van der Waals surface area contributed by atoms with Crippen molar-refractivity contribution in [1.82, 2.24) is 20.2 Å². The molecular weight excluding hydrogens is 210 g/mol. The van der Waals surface area contributed by atoms with E-state index >= 15 is 0 Å². The normalized spacial score (nSPS) is 12.9. The fourth-order valence-corrected chi connectivity index (χ4v) is 2.08. The van der Waals surface area contributed by atoms with E-state index in [0.717, 1.165) is 17.0 Å². The first-order chi connectivity index (χ1) is 7.29. The van der Waals surface area contributed by atoms with Crippen LogP contribution in [0.2, 0.25) is 0 Å². The van der Waals surface area contributed by atoms with Gasteiger partial charge in [0.05, 0.1) is 17.2 Å². The number of thiazole rings is 1. The zero-order valence-electron chi connectivity index (χ0n) is 8.42. The lowest BCUT2D eigenvalue weighted by molar-refractivity contribution is 0.550. The summed E-state index contributed by atoms with van der Waals surface area (Å²) in [6, 6.07) is 0.0739. The molecule has 0 fully saturated rings. The zero-order valence-corrected chi connectivity index (χ0v) is 9.24. The zero-order chi connectivity index (χ0) is 10.7. The largest absolute Gasteiger partial charge is 0.275 e. The lowest BCUT2D eigenvalue weighted by Gasteiger charge is -2.11. The molecule has 1 atom stereocenters. The van der Waals surface area contributed by atoms with E-state index in [0.29, 0.717) is 0 Å². The maximum atomic E-state index is 5.52. The number of hydrogen-bond acceptors (Lipinski definition) is 5. The van der Waals surface area contributed by atoms with E-state index in [1.54, 1.807) is 22.2 Å². The van der Waals surface area contributed by atoms with Crippen molar-refractivity contribution in [2.75, 3.05) is 0 Å². The van der Waals surface area contributed by atoms with E-state index in [1.807, 2.05) is 24.8 Å². The summed E-state index contributed by atoms with van der Waals surface area (Å²) >= 11 is 1.63. The highest BCUT2D eigenvalue weighted by molar-refractivity contribution is 7.09.